The Morgan fingerprint density at radius 2 is 1.84 bits per heavy atom. The van der Waals surface area contributed by atoms with Gasteiger partial charge in [-0.05, 0) is 57.0 Å². The lowest BCUT2D eigenvalue weighted by Gasteiger charge is -2.36. The van der Waals surface area contributed by atoms with E-state index < -0.39 is 5.60 Å². The lowest BCUT2D eigenvalue weighted by atomic mass is 10.1. The number of nitrogens with two attached hydrogens (primary N) is 1. The molecule has 4 aromatic rings. The van der Waals surface area contributed by atoms with E-state index in [4.69, 9.17) is 14.9 Å². The van der Waals surface area contributed by atoms with Crippen molar-refractivity contribution < 1.29 is 13.9 Å². The number of carbonyl (C=O) groups is 1. The van der Waals surface area contributed by atoms with Crippen molar-refractivity contribution in [3.05, 3.63) is 54.3 Å². The largest absolute Gasteiger partial charge is 0.461 e. The summed E-state index contributed by atoms with van der Waals surface area (Å²) in [5.41, 5.74) is 8.69. The van der Waals surface area contributed by atoms with Crippen LogP contribution in [0.2, 0.25) is 0 Å². The Hall–Kier alpha value is -4.28. The molecule has 3 aromatic heterocycles. The number of benzene rings is 1. The summed E-state index contributed by atoms with van der Waals surface area (Å²) in [6.07, 6.45) is 2.19. The van der Waals surface area contributed by atoms with Crippen LogP contribution in [0.15, 0.2) is 53.1 Å². The van der Waals surface area contributed by atoms with Gasteiger partial charge in [0.2, 0.25) is 11.8 Å². The van der Waals surface area contributed by atoms with Crippen LogP contribution in [-0.4, -0.2) is 75.9 Å². The van der Waals surface area contributed by atoms with E-state index in [9.17, 15) is 4.79 Å². The molecule has 4 heterocycles. The molecule has 1 aliphatic rings. The zero-order valence-corrected chi connectivity index (χ0v) is 22.3. The van der Waals surface area contributed by atoms with Crippen LogP contribution in [0.1, 0.15) is 26.3 Å². The van der Waals surface area contributed by atoms with Gasteiger partial charge in [0.1, 0.15) is 11.4 Å². The molecule has 1 aliphatic heterocycles. The van der Waals surface area contributed by atoms with Crippen LogP contribution in [0.3, 0.4) is 0 Å². The quantitative estimate of drug-likeness (QED) is 0.407. The topological polar surface area (TPSA) is 118 Å². The van der Waals surface area contributed by atoms with Crippen molar-refractivity contribution in [2.45, 2.75) is 32.8 Å². The number of likely N-dealkylation sites (N-methyl/N-ethyl adjacent to an activating group) is 1. The van der Waals surface area contributed by atoms with E-state index in [1.54, 1.807) is 23.3 Å². The number of hydrogen-bond donors (Lipinski definition) is 1. The van der Waals surface area contributed by atoms with Crippen molar-refractivity contribution >= 4 is 29.2 Å². The number of nitrogen functional groups attached to an aromatic ring is 1. The van der Waals surface area contributed by atoms with E-state index in [-0.39, 0.29) is 12.0 Å². The Morgan fingerprint density at radius 1 is 1.11 bits per heavy atom. The van der Waals surface area contributed by atoms with Crippen LogP contribution in [0.5, 0.6) is 0 Å². The summed E-state index contributed by atoms with van der Waals surface area (Å²) in [6.45, 7) is 9.29. The third-order valence-corrected chi connectivity index (χ3v) is 6.44. The standard InChI is InChI=1S/C27H34N8O3/c1-27(2,3)38-26(36)34-15-13-33(14-16-34)20-9-7-19(8-10-20)11-12-32(4)22-18-23-29-24(21-6-5-17-37-21)31-35(23)25(28)30-22/h5-10,17-18H,11-16H2,1-4H3,(H2,28,30). The molecule has 200 valence electrons. The Kier molecular flexibility index (Phi) is 6.83. The smallest absolute Gasteiger partial charge is 0.410 e. The van der Waals surface area contributed by atoms with Crippen LogP contribution in [0.25, 0.3) is 17.2 Å². The van der Waals surface area contributed by atoms with Gasteiger partial charge in [0.15, 0.2) is 11.4 Å². The van der Waals surface area contributed by atoms with Gasteiger partial charge in [-0.2, -0.15) is 9.50 Å². The highest BCUT2D eigenvalue weighted by Gasteiger charge is 2.26. The molecule has 0 saturated carbocycles. The molecule has 0 radical (unpaired) electrons. The molecular weight excluding hydrogens is 484 g/mol. The van der Waals surface area contributed by atoms with Crippen LogP contribution in [0.4, 0.5) is 22.2 Å². The Labute approximate surface area is 221 Å². The van der Waals surface area contributed by atoms with Crippen molar-refractivity contribution in [2.24, 2.45) is 0 Å². The summed E-state index contributed by atoms with van der Waals surface area (Å²) < 4.78 is 12.4. The minimum atomic E-state index is -0.478. The highest BCUT2D eigenvalue weighted by Crippen LogP contribution is 2.22. The number of piperazine rings is 1. The number of carbonyl (C=O) groups excluding carboxylic acids is 1. The fraction of sp³-hybridized carbons (Fsp3) is 0.407. The molecule has 0 aliphatic carbocycles. The molecule has 1 fully saturated rings. The number of aromatic nitrogens is 4. The molecule has 0 atom stereocenters. The van der Waals surface area contributed by atoms with Crippen molar-refractivity contribution in [1.29, 1.82) is 0 Å². The minimum absolute atomic E-state index is 0.242. The second-order valence-electron chi connectivity index (χ2n) is 10.4. The summed E-state index contributed by atoms with van der Waals surface area (Å²) in [5.74, 6) is 2.05. The van der Waals surface area contributed by atoms with E-state index >= 15 is 0 Å². The number of rotatable bonds is 6. The van der Waals surface area contributed by atoms with Gasteiger partial charge >= 0.3 is 6.09 Å². The molecule has 5 rings (SSSR count). The highest BCUT2D eigenvalue weighted by atomic mass is 16.6. The predicted octanol–water partition coefficient (Wildman–Crippen LogP) is 3.70. The monoisotopic (exact) mass is 518 g/mol. The van der Waals surface area contributed by atoms with Crippen molar-refractivity contribution in [3.8, 4) is 11.6 Å². The third kappa shape index (κ3) is 5.66. The van der Waals surface area contributed by atoms with E-state index in [2.05, 4.69) is 49.1 Å². The number of ether oxygens (including phenoxy) is 1. The predicted molar refractivity (Wildman–Crippen MR) is 146 cm³/mol. The molecule has 1 saturated heterocycles. The van der Waals surface area contributed by atoms with Gasteiger partial charge in [-0.1, -0.05) is 12.1 Å². The normalized spacial score (nSPS) is 14.2. The van der Waals surface area contributed by atoms with Crippen LogP contribution in [-0.2, 0) is 11.2 Å². The second-order valence-corrected chi connectivity index (χ2v) is 10.4. The summed E-state index contributed by atoms with van der Waals surface area (Å²) >= 11 is 0. The maximum absolute atomic E-state index is 12.3. The number of anilines is 3. The van der Waals surface area contributed by atoms with Gasteiger partial charge in [-0.3, -0.25) is 0 Å². The lowest BCUT2D eigenvalue weighted by molar-refractivity contribution is 0.0240. The average Bonchev–Trinajstić information content (AvgIpc) is 3.57. The van der Waals surface area contributed by atoms with E-state index in [0.717, 1.165) is 37.6 Å². The van der Waals surface area contributed by atoms with E-state index in [1.165, 1.54) is 10.1 Å². The summed E-state index contributed by atoms with van der Waals surface area (Å²) in [7, 11) is 1.99. The van der Waals surface area contributed by atoms with Gasteiger partial charge in [-0.15, -0.1) is 5.10 Å². The number of fused-ring (bicyclic) bond motifs is 1. The Balaban J connectivity index is 1.16. The fourth-order valence-corrected chi connectivity index (χ4v) is 4.36. The Bertz CT molecular complexity index is 1380. The maximum Gasteiger partial charge on any atom is 0.410 e. The number of nitrogens with zero attached hydrogens (tertiary/aromatic N) is 7. The molecular formula is C27H34N8O3. The zero-order chi connectivity index (χ0) is 26.9. The molecule has 0 unspecified atom stereocenters. The lowest BCUT2D eigenvalue weighted by Crippen LogP contribution is -2.50. The molecule has 2 N–H and O–H groups in total. The maximum atomic E-state index is 12.3. The van der Waals surface area contributed by atoms with Crippen molar-refractivity contribution in [3.63, 3.8) is 0 Å². The molecule has 0 bridgehead atoms. The average molecular weight is 519 g/mol. The van der Waals surface area contributed by atoms with E-state index in [0.29, 0.717) is 30.3 Å². The van der Waals surface area contributed by atoms with Gasteiger partial charge in [0, 0.05) is 51.5 Å². The minimum Gasteiger partial charge on any atom is -0.461 e. The summed E-state index contributed by atoms with van der Waals surface area (Å²) in [4.78, 5) is 27.5. The summed E-state index contributed by atoms with van der Waals surface area (Å²) in [6, 6.07) is 14.1. The van der Waals surface area contributed by atoms with Crippen LogP contribution >= 0.6 is 0 Å². The van der Waals surface area contributed by atoms with Crippen molar-refractivity contribution in [1.82, 2.24) is 24.5 Å². The zero-order valence-electron chi connectivity index (χ0n) is 22.3. The third-order valence-electron chi connectivity index (χ3n) is 6.44. The molecule has 1 aromatic carbocycles. The first-order chi connectivity index (χ1) is 18.2. The first kappa shape index (κ1) is 25.4. The number of amides is 1. The first-order valence-corrected chi connectivity index (χ1v) is 12.8. The molecule has 38 heavy (non-hydrogen) atoms. The first-order valence-electron chi connectivity index (χ1n) is 12.8. The van der Waals surface area contributed by atoms with Crippen molar-refractivity contribution in [2.75, 3.05) is 55.3 Å². The van der Waals surface area contributed by atoms with Gasteiger partial charge in [-0.25, -0.2) is 9.78 Å². The molecule has 11 heteroatoms. The summed E-state index contributed by atoms with van der Waals surface area (Å²) in [5, 5.41) is 4.40. The van der Waals surface area contributed by atoms with E-state index in [1.807, 2.05) is 33.9 Å². The highest BCUT2D eigenvalue weighted by molar-refractivity contribution is 5.68. The second kappa shape index (κ2) is 10.2. The fourth-order valence-electron chi connectivity index (χ4n) is 4.36. The van der Waals surface area contributed by atoms with Crippen LogP contribution < -0.4 is 15.5 Å². The number of furan rings is 1. The number of hydrogen-bond acceptors (Lipinski definition) is 9. The van der Waals surface area contributed by atoms with Gasteiger partial charge in [0.05, 0.1) is 6.26 Å². The van der Waals surface area contributed by atoms with Crippen LogP contribution in [0, 0.1) is 0 Å². The SMILES string of the molecule is CN(CCc1ccc(N2CCN(C(=O)OC(C)(C)C)CC2)cc1)c1cc2nc(-c3ccco3)nn2c(N)n1. The Morgan fingerprint density at radius 3 is 2.50 bits per heavy atom. The molecule has 0 spiro atoms. The van der Waals surface area contributed by atoms with Gasteiger partial charge in [0.25, 0.3) is 0 Å². The molecule has 11 nitrogen and oxygen atoms in total. The molecule has 1 amide bonds. The van der Waals surface area contributed by atoms with Gasteiger partial charge < -0.3 is 29.6 Å².